The third-order valence-electron chi connectivity index (χ3n) is 2.48. The van der Waals surface area contributed by atoms with E-state index < -0.39 is 0 Å². The number of hydrogen-bond acceptors (Lipinski definition) is 3. The van der Waals surface area contributed by atoms with Crippen molar-refractivity contribution >= 4 is 11.6 Å². The fraction of sp³-hybridized carbons (Fsp3) is 0.417. The van der Waals surface area contributed by atoms with E-state index in [2.05, 4.69) is 0 Å². The predicted octanol–water partition coefficient (Wildman–Crippen LogP) is 1.03. The van der Waals surface area contributed by atoms with Gasteiger partial charge in [0.15, 0.2) is 0 Å². The standard InChI is InChI=1S/C12H18N2O2/c1-3-14(6-7-15)12(16)10-5-4-9(2)8-11(10)13/h4-5,8,15H,3,6-7,13H2,1-2H3. The molecule has 0 atom stereocenters. The second kappa shape index (κ2) is 5.51. The summed E-state index contributed by atoms with van der Waals surface area (Å²) < 4.78 is 0. The van der Waals surface area contributed by atoms with Gasteiger partial charge < -0.3 is 15.7 Å². The van der Waals surface area contributed by atoms with Gasteiger partial charge in [-0.2, -0.15) is 0 Å². The monoisotopic (exact) mass is 222 g/mol. The van der Waals surface area contributed by atoms with E-state index in [1.807, 2.05) is 19.9 Å². The molecule has 0 radical (unpaired) electrons. The van der Waals surface area contributed by atoms with Gasteiger partial charge in [-0.15, -0.1) is 0 Å². The molecule has 0 aliphatic heterocycles. The van der Waals surface area contributed by atoms with Gasteiger partial charge in [-0.3, -0.25) is 4.79 Å². The second-order valence-electron chi connectivity index (χ2n) is 3.70. The summed E-state index contributed by atoms with van der Waals surface area (Å²) >= 11 is 0. The Balaban J connectivity index is 2.94. The fourth-order valence-corrected chi connectivity index (χ4v) is 1.57. The van der Waals surface area contributed by atoms with Crippen molar-refractivity contribution in [2.24, 2.45) is 0 Å². The van der Waals surface area contributed by atoms with Gasteiger partial charge in [0.05, 0.1) is 12.2 Å². The summed E-state index contributed by atoms with van der Waals surface area (Å²) in [4.78, 5) is 13.6. The Labute approximate surface area is 95.7 Å². The first-order chi connectivity index (χ1) is 7.60. The number of carbonyl (C=O) groups excluding carboxylic acids is 1. The fourth-order valence-electron chi connectivity index (χ4n) is 1.57. The summed E-state index contributed by atoms with van der Waals surface area (Å²) in [7, 11) is 0. The van der Waals surface area contributed by atoms with Crippen LogP contribution in [0.1, 0.15) is 22.8 Å². The van der Waals surface area contributed by atoms with Crippen molar-refractivity contribution in [2.75, 3.05) is 25.4 Å². The van der Waals surface area contributed by atoms with Crippen molar-refractivity contribution in [2.45, 2.75) is 13.8 Å². The summed E-state index contributed by atoms with van der Waals surface area (Å²) in [6.45, 7) is 4.66. The highest BCUT2D eigenvalue weighted by Crippen LogP contribution is 2.15. The van der Waals surface area contributed by atoms with E-state index in [0.717, 1.165) is 5.56 Å². The Morgan fingerprint density at radius 3 is 2.69 bits per heavy atom. The summed E-state index contributed by atoms with van der Waals surface area (Å²) in [5, 5.41) is 8.85. The van der Waals surface area contributed by atoms with Crippen LogP contribution in [0.25, 0.3) is 0 Å². The first-order valence-corrected chi connectivity index (χ1v) is 5.36. The second-order valence-corrected chi connectivity index (χ2v) is 3.70. The number of benzene rings is 1. The minimum atomic E-state index is -0.131. The molecule has 0 saturated carbocycles. The van der Waals surface area contributed by atoms with Crippen molar-refractivity contribution in [3.8, 4) is 0 Å². The van der Waals surface area contributed by atoms with E-state index in [1.165, 1.54) is 0 Å². The Kier molecular flexibility index (Phi) is 4.31. The van der Waals surface area contributed by atoms with Crippen molar-refractivity contribution in [1.82, 2.24) is 4.90 Å². The molecule has 0 heterocycles. The number of amides is 1. The number of nitrogens with two attached hydrogens (primary N) is 1. The molecule has 16 heavy (non-hydrogen) atoms. The van der Waals surface area contributed by atoms with Crippen molar-refractivity contribution in [3.63, 3.8) is 0 Å². The highest BCUT2D eigenvalue weighted by molar-refractivity contribution is 5.99. The van der Waals surface area contributed by atoms with Crippen molar-refractivity contribution < 1.29 is 9.90 Å². The molecule has 4 nitrogen and oxygen atoms in total. The number of aliphatic hydroxyl groups is 1. The van der Waals surface area contributed by atoms with E-state index in [1.54, 1.807) is 17.0 Å². The molecule has 88 valence electrons. The average molecular weight is 222 g/mol. The molecule has 1 amide bonds. The van der Waals surface area contributed by atoms with Crippen LogP contribution >= 0.6 is 0 Å². The average Bonchev–Trinajstić information content (AvgIpc) is 2.25. The van der Waals surface area contributed by atoms with Crippen LogP contribution < -0.4 is 5.73 Å². The maximum absolute atomic E-state index is 12.0. The number of aliphatic hydroxyl groups excluding tert-OH is 1. The third kappa shape index (κ3) is 2.73. The molecule has 0 aromatic heterocycles. The van der Waals surface area contributed by atoms with Gasteiger partial charge in [-0.25, -0.2) is 0 Å². The zero-order valence-electron chi connectivity index (χ0n) is 9.73. The lowest BCUT2D eigenvalue weighted by Crippen LogP contribution is -2.33. The Morgan fingerprint density at radius 1 is 1.50 bits per heavy atom. The van der Waals surface area contributed by atoms with Crippen LogP contribution in [0.3, 0.4) is 0 Å². The van der Waals surface area contributed by atoms with Gasteiger partial charge in [-0.1, -0.05) is 6.07 Å². The summed E-state index contributed by atoms with van der Waals surface area (Å²) in [6, 6.07) is 5.36. The molecule has 0 aliphatic rings. The number of anilines is 1. The maximum Gasteiger partial charge on any atom is 0.256 e. The molecule has 0 aliphatic carbocycles. The zero-order chi connectivity index (χ0) is 12.1. The van der Waals surface area contributed by atoms with Gasteiger partial charge in [0, 0.05) is 18.8 Å². The predicted molar refractivity (Wildman–Crippen MR) is 64.3 cm³/mol. The van der Waals surface area contributed by atoms with Crippen LogP contribution in [-0.2, 0) is 0 Å². The highest BCUT2D eigenvalue weighted by Gasteiger charge is 2.15. The molecular formula is C12H18N2O2. The van der Waals surface area contributed by atoms with Crippen molar-refractivity contribution in [1.29, 1.82) is 0 Å². The maximum atomic E-state index is 12.0. The molecule has 1 rings (SSSR count). The normalized spacial score (nSPS) is 10.2. The first kappa shape index (κ1) is 12.5. The summed E-state index contributed by atoms with van der Waals surface area (Å²) in [5.74, 6) is -0.131. The Morgan fingerprint density at radius 2 is 2.19 bits per heavy atom. The lowest BCUT2D eigenvalue weighted by molar-refractivity contribution is 0.0733. The van der Waals surface area contributed by atoms with Crippen LogP contribution in [0.15, 0.2) is 18.2 Å². The smallest absolute Gasteiger partial charge is 0.256 e. The number of nitrogens with zero attached hydrogens (tertiary/aromatic N) is 1. The van der Waals surface area contributed by atoms with Gasteiger partial charge in [0.2, 0.25) is 0 Å². The lowest BCUT2D eigenvalue weighted by Gasteiger charge is -2.20. The van der Waals surface area contributed by atoms with Crippen LogP contribution in [0, 0.1) is 6.92 Å². The lowest BCUT2D eigenvalue weighted by atomic mass is 10.1. The van der Waals surface area contributed by atoms with E-state index in [0.29, 0.717) is 24.3 Å². The number of rotatable bonds is 4. The Hall–Kier alpha value is -1.55. The molecule has 3 N–H and O–H groups in total. The van der Waals surface area contributed by atoms with Crippen molar-refractivity contribution in [3.05, 3.63) is 29.3 Å². The van der Waals surface area contributed by atoms with Gasteiger partial charge in [0.1, 0.15) is 0 Å². The molecular weight excluding hydrogens is 204 g/mol. The molecule has 0 unspecified atom stereocenters. The highest BCUT2D eigenvalue weighted by atomic mass is 16.3. The number of aryl methyl sites for hydroxylation is 1. The Bertz CT molecular complexity index is 377. The molecule has 1 aromatic carbocycles. The molecule has 0 spiro atoms. The van der Waals surface area contributed by atoms with E-state index >= 15 is 0 Å². The minimum absolute atomic E-state index is 0.0364. The van der Waals surface area contributed by atoms with Crippen LogP contribution in [0.2, 0.25) is 0 Å². The van der Waals surface area contributed by atoms with Gasteiger partial charge in [-0.05, 0) is 31.5 Å². The summed E-state index contributed by atoms with van der Waals surface area (Å²) in [6.07, 6.45) is 0. The molecule has 0 saturated heterocycles. The minimum Gasteiger partial charge on any atom is -0.398 e. The number of hydrogen-bond donors (Lipinski definition) is 2. The number of nitrogen functional groups attached to an aromatic ring is 1. The summed E-state index contributed by atoms with van der Waals surface area (Å²) in [5.41, 5.74) is 7.82. The van der Waals surface area contributed by atoms with Crippen LogP contribution in [-0.4, -0.2) is 35.6 Å². The SMILES string of the molecule is CCN(CCO)C(=O)c1ccc(C)cc1N. The molecule has 1 aromatic rings. The zero-order valence-corrected chi connectivity index (χ0v) is 9.73. The first-order valence-electron chi connectivity index (χ1n) is 5.36. The van der Waals surface area contributed by atoms with E-state index in [4.69, 9.17) is 10.8 Å². The largest absolute Gasteiger partial charge is 0.398 e. The van der Waals surface area contributed by atoms with E-state index in [-0.39, 0.29) is 12.5 Å². The van der Waals surface area contributed by atoms with E-state index in [9.17, 15) is 4.79 Å². The topological polar surface area (TPSA) is 66.6 Å². The number of carbonyl (C=O) groups is 1. The number of likely N-dealkylation sites (N-methyl/N-ethyl adjacent to an activating group) is 1. The quantitative estimate of drug-likeness (QED) is 0.748. The van der Waals surface area contributed by atoms with Gasteiger partial charge in [0.25, 0.3) is 5.91 Å². The third-order valence-corrected chi connectivity index (χ3v) is 2.48. The molecule has 0 fully saturated rings. The molecule has 0 bridgehead atoms. The van der Waals surface area contributed by atoms with Crippen LogP contribution in [0.4, 0.5) is 5.69 Å². The molecule has 4 heteroatoms. The van der Waals surface area contributed by atoms with Gasteiger partial charge >= 0.3 is 0 Å². The van der Waals surface area contributed by atoms with Crippen LogP contribution in [0.5, 0.6) is 0 Å².